The highest BCUT2D eigenvalue weighted by Gasteiger charge is 2.23. The second kappa shape index (κ2) is 8.61. The van der Waals surface area contributed by atoms with Crippen molar-refractivity contribution in [1.29, 1.82) is 0 Å². The van der Waals surface area contributed by atoms with Crippen molar-refractivity contribution in [3.05, 3.63) is 64.1 Å². The van der Waals surface area contributed by atoms with Gasteiger partial charge >= 0.3 is 0 Å². The Morgan fingerprint density at radius 1 is 0.852 bits per heavy atom. The smallest absolute Gasteiger partial charge is 0.253 e. The van der Waals surface area contributed by atoms with E-state index in [0.717, 1.165) is 0 Å². The molecule has 3 rings (SSSR count). The van der Waals surface area contributed by atoms with Crippen molar-refractivity contribution in [3.63, 3.8) is 0 Å². The van der Waals surface area contributed by atoms with E-state index in [2.05, 4.69) is 4.90 Å². The lowest BCUT2D eigenvalue weighted by Crippen LogP contribution is -2.49. The first-order valence-electron chi connectivity index (χ1n) is 8.61. The molecule has 0 unspecified atom stereocenters. The number of sulfone groups is 1. The lowest BCUT2D eigenvalue weighted by Gasteiger charge is -2.34. The van der Waals surface area contributed by atoms with E-state index in [1.807, 2.05) is 0 Å². The summed E-state index contributed by atoms with van der Waals surface area (Å²) in [4.78, 5) is 16.6. The van der Waals surface area contributed by atoms with Gasteiger partial charge in [0.05, 0.1) is 10.6 Å². The minimum absolute atomic E-state index is 0.0277. The number of nitrogens with zero attached hydrogens (tertiary/aromatic N) is 2. The van der Waals surface area contributed by atoms with Crippen molar-refractivity contribution in [2.75, 3.05) is 38.5 Å². The summed E-state index contributed by atoms with van der Waals surface area (Å²) in [5, 5.41) is 1.11. The fourth-order valence-electron chi connectivity index (χ4n) is 2.96. The highest BCUT2D eigenvalue weighted by Crippen LogP contribution is 2.16. The molecule has 0 bridgehead atoms. The Hall–Kier alpha value is -1.60. The number of carbonyl (C=O) groups is 1. The molecule has 1 saturated heterocycles. The van der Waals surface area contributed by atoms with Gasteiger partial charge in [0.25, 0.3) is 5.91 Å². The van der Waals surface area contributed by atoms with Crippen LogP contribution in [0.5, 0.6) is 0 Å². The van der Waals surface area contributed by atoms with Gasteiger partial charge in [0.15, 0.2) is 9.84 Å². The number of piperazine rings is 1. The normalized spacial score (nSPS) is 15.7. The molecule has 0 radical (unpaired) electrons. The second-order valence-corrected chi connectivity index (χ2v) is 9.40. The van der Waals surface area contributed by atoms with E-state index in [0.29, 0.717) is 48.3 Å². The van der Waals surface area contributed by atoms with Gasteiger partial charge in [-0.25, -0.2) is 8.42 Å². The lowest BCUT2D eigenvalue weighted by molar-refractivity contribution is 0.0644. The van der Waals surface area contributed by atoms with Gasteiger partial charge in [0, 0.05) is 48.3 Å². The van der Waals surface area contributed by atoms with E-state index in [9.17, 15) is 13.2 Å². The quantitative estimate of drug-likeness (QED) is 0.736. The molecule has 144 valence electrons. The summed E-state index contributed by atoms with van der Waals surface area (Å²) in [6.07, 6.45) is 0. The maximum atomic E-state index is 12.5. The number of halogens is 2. The van der Waals surface area contributed by atoms with E-state index >= 15 is 0 Å². The van der Waals surface area contributed by atoms with Crippen LogP contribution < -0.4 is 0 Å². The van der Waals surface area contributed by atoms with Gasteiger partial charge in [-0.3, -0.25) is 9.69 Å². The van der Waals surface area contributed by atoms with Gasteiger partial charge in [-0.2, -0.15) is 0 Å². The summed E-state index contributed by atoms with van der Waals surface area (Å²) < 4.78 is 24.9. The molecule has 2 aromatic rings. The van der Waals surface area contributed by atoms with E-state index < -0.39 is 9.84 Å². The molecular formula is C19H20Cl2N2O3S. The number of hydrogen-bond donors (Lipinski definition) is 0. The standard InChI is InChI=1S/C19H20Cl2N2O3S/c20-16-3-1-15(2-4-16)19(24)23-11-9-22(10-12-23)13-14-27(25,26)18-7-5-17(21)6-8-18/h1-8H,9-14H2. The van der Waals surface area contributed by atoms with Gasteiger partial charge in [0.2, 0.25) is 0 Å². The maximum absolute atomic E-state index is 12.5. The molecule has 0 aliphatic carbocycles. The van der Waals surface area contributed by atoms with Crippen LogP contribution in [0.1, 0.15) is 10.4 Å². The number of benzene rings is 2. The first-order chi connectivity index (χ1) is 12.8. The fourth-order valence-corrected chi connectivity index (χ4v) is 4.50. The van der Waals surface area contributed by atoms with Crippen molar-refractivity contribution in [1.82, 2.24) is 9.80 Å². The van der Waals surface area contributed by atoms with Gasteiger partial charge in [-0.15, -0.1) is 0 Å². The van der Waals surface area contributed by atoms with Crippen LogP contribution in [0, 0.1) is 0 Å². The zero-order valence-corrected chi connectivity index (χ0v) is 17.0. The maximum Gasteiger partial charge on any atom is 0.253 e. The molecular weight excluding hydrogens is 407 g/mol. The fraction of sp³-hybridized carbons (Fsp3) is 0.316. The van der Waals surface area contributed by atoms with E-state index in [-0.39, 0.29) is 16.6 Å². The molecule has 1 aliphatic rings. The predicted octanol–water partition coefficient (Wildman–Crippen LogP) is 3.23. The predicted molar refractivity (Wildman–Crippen MR) is 107 cm³/mol. The van der Waals surface area contributed by atoms with Crippen molar-refractivity contribution < 1.29 is 13.2 Å². The third-order valence-corrected chi connectivity index (χ3v) is 6.81. The van der Waals surface area contributed by atoms with Crippen LogP contribution in [-0.2, 0) is 9.84 Å². The lowest BCUT2D eigenvalue weighted by atomic mass is 10.2. The summed E-state index contributed by atoms with van der Waals surface area (Å²) in [6, 6.07) is 13.1. The van der Waals surface area contributed by atoms with Gasteiger partial charge in [0.1, 0.15) is 0 Å². The Bertz CT molecular complexity index is 892. The molecule has 1 aliphatic heterocycles. The van der Waals surface area contributed by atoms with Crippen LogP contribution in [0.3, 0.4) is 0 Å². The highest BCUT2D eigenvalue weighted by atomic mass is 35.5. The number of amides is 1. The topological polar surface area (TPSA) is 57.7 Å². The largest absolute Gasteiger partial charge is 0.336 e. The molecule has 8 heteroatoms. The molecule has 0 saturated carbocycles. The van der Waals surface area contributed by atoms with Crippen molar-refractivity contribution >= 4 is 38.9 Å². The molecule has 2 aromatic carbocycles. The van der Waals surface area contributed by atoms with Gasteiger partial charge in [-0.05, 0) is 48.5 Å². The summed E-state index contributed by atoms with van der Waals surface area (Å²) >= 11 is 11.7. The third kappa shape index (κ3) is 5.23. The highest BCUT2D eigenvalue weighted by molar-refractivity contribution is 7.91. The third-order valence-electron chi connectivity index (χ3n) is 4.60. The molecule has 1 amide bonds. The average molecular weight is 427 g/mol. The van der Waals surface area contributed by atoms with Crippen LogP contribution >= 0.6 is 23.2 Å². The molecule has 1 fully saturated rings. The Morgan fingerprint density at radius 3 is 1.93 bits per heavy atom. The van der Waals surface area contributed by atoms with Crippen LogP contribution in [0.15, 0.2) is 53.4 Å². The summed E-state index contributed by atoms with van der Waals surface area (Å²) in [6.45, 7) is 2.88. The van der Waals surface area contributed by atoms with Crippen molar-refractivity contribution in [2.24, 2.45) is 0 Å². The SMILES string of the molecule is O=C(c1ccc(Cl)cc1)N1CCN(CCS(=O)(=O)c2ccc(Cl)cc2)CC1. The zero-order chi connectivity index (χ0) is 19.4. The second-order valence-electron chi connectivity index (χ2n) is 6.41. The minimum Gasteiger partial charge on any atom is -0.336 e. The molecule has 0 spiro atoms. The number of rotatable bonds is 5. The van der Waals surface area contributed by atoms with Gasteiger partial charge in [-0.1, -0.05) is 23.2 Å². The first kappa shape index (κ1) is 20.1. The van der Waals surface area contributed by atoms with Crippen molar-refractivity contribution in [2.45, 2.75) is 4.90 Å². The van der Waals surface area contributed by atoms with Crippen molar-refractivity contribution in [3.8, 4) is 0 Å². The molecule has 27 heavy (non-hydrogen) atoms. The van der Waals surface area contributed by atoms with Crippen LogP contribution in [0.2, 0.25) is 10.0 Å². The Morgan fingerprint density at radius 2 is 1.37 bits per heavy atom. The van der Waals surface area contributed by atoms with Gasteiger partial charge < -0.3 is 4.90 Å². The Kier molecular flexibility index (Phi) is 6.42. The van der Waals surface area contributed by atoms with E-state index in [1.165, 1.54) is 12.1 Å². The number of hydrogen-bond acceptors (Lipinski definition) is 4. The Balaban J connectivity index is 1.51. The van der Waals surface area contributed by atoms with E-state index in [4.69, 9.17) is 23.2 Å². The molecule has 0 atom stereocenters. The average Bonchev–Trinajstić information content (AvgIpc) is 2.67. The molecule has 0 aromatic heterocycles. The molecule has 1 heterocycles. The summed E-state index contributed by atoms with van der Waals surface area (Å²) in [7, 11) is -3.35. The van der Waals surface area contributed by atoms with E-state index in [1.54, 1.807) is 41.3 Å². The zero-order valence-electron chi connectivity index (χ0n) is 14.6. The Labute approximate surface area is 169 Å². The monoisotopic (exact) mass is 426 g/mol. The summed E-state index contributed by atoms with van der Waals surface area (Å²) in [5.41, 5.74) is 0.609. The van der Waals surface area contributed by atoms with Crippen LogP contribution in [-0.4, -0.2) is 62.6 Å². The first-order valence-corrected chi connectivity index (χ1v) is 11.0. The molecule has 0 N–H and O–H groups in total. The number of carbonyl (C=O) groups excluding carboxylic acids is 1. The van der Waals surface area contributed by atoms with Crippen LogP contribution in [0.4, 0.5) is 0 Å². The minimum atomic E-state index is -3.35. The summed E-state index contributed by atoms with van der Waals surface area (Å²) in [5.74, 6) is 0.0137. The van der Waals surface area contributed by atoms with Crippen LogP contribution in [0.25, 0.3) is 0 Å². The molecule has 5 nitrogen and oxygen atoms in total.